The molecule has 0 unspecified atom stereocenters. The maximum Gasteiger partial charge on any atom is 0.193 e. The number of hydrogen-bond acceptors (Lipinski definition) is 1. The first-order chi connectivity index (χ1) is 5.88. The lowest BCUT2D eigenvalue weighted by molar-refractivity contribution is 0.498. The van der Waals surface area contributed by atoms with Gasteiger partial charge < -0.3 is 10.2 Å². The van der Waals surface area contributed by atoms with Crippen molar-refractivity contribution in [3.05, 3.63) is 12.7 Å². The molecule has 1 heterocycles. The minimum atomic E-state index is 0. The fourth-order valence-electron chi connectivity index (χ4n) is 1.42. The molecule has 1 aliphatic rings. The molecule has 0 bridgehead atoms. The summed E-state index contributed by atoms with van der Waals surface area (Å²) in [6.07, 6.45) is 4.42. The molecule has 0 aromatic rings. The Bertz CT molecular complexity index is 174. The zero-order valence-corrected chi connectivity index (χ0v) is 10.5. The maximum atomic E-state index is 4.19. The summed E-state index contributed by atoms with van der Waals surface area (Å²) >= 11 is 0. The van der Waals surface area contributed by atoms with Gasteiger partial charge >= 0.3 is 0 Å². The van der Waals surface area contributed by atoms with Crippen molar-refractivity contribution >= 4 is 29.9 Å². The molecule has 1 fully saturated rings. The van der Waals surface area contributed by atoms with E-state index < -0.39 is 0 Å². The van der Waals surface area contributed by atoms with Gasteiger partial charge in [0.25, 0.3) is 0 Å². The molecule has 0 aromatic carbocycles. The molecule has 3 nitrogen and oxygen atoms in total. The highest BCUT2D eigenvalue weighted by atomic mass is 127. The third-order valence-corrected chi connectivity index (χ3v) is 2.02. The second-order valence-electron chi connectivity index (χ2n) is 2.91. The van der Waals surface area contributed by atoms with Crippen LogP contribution in [-0.2, 0) is 0 Å². The molecular weight excluding hydrogens is 277 g/mol. The number of guanidine groups is 1. The van der Waals surface area contributed by atoms with E-state index in [2.05, 4.69) is 21.8 Å². The number of likely N-dealkylation sites (tertiary alicyclic amines) is 1. The molecule has 0 amide bonds. The first-order valence-corrected chi connectivity index (χ1v) is 4.45. The van der Waals surface area contributed by atoms with E-state index in [0.717, 1.165) is 25.6 Å². The Hall–Kier alpha value is -0.260. The van der Waals surface area contributed by atoms with Crippen LogP contribution >= 0.6 is 24.0 Å². The normalized spacial score (nSPS) is 16.7. The molecule has 1 aliphatic heterocycles. The van der Waals surface area contributed by atoms with Gasteiger partial charge in [0, 0.05) is 26.7 Å². The predicted octanol–water partition coefficient (Wildman–Crippen LogP) is 1.46. The van der Waals surface area contributed by atoms with Crippen molar-refractivity contribution in [2.45, 2.75) is 12.8 Å². The Balaban J connectivity index is 0.00000144. The van der Waals surface area contributed by atoms with Crippen molar-refractivity contribution in [2.24, 2.45) is 4.99 Å². The van der Waals surface area contributed by atoms with Gasteiger partial charge in [-0.25, -0.2) is 0 Å². The van der Waals surface area contributed by atoms with Gasteiger partial charge in [0.15, 0.2) is 5.96 Å². The van der Waals surface area contributed by atoms with Crippen LogP contribution in [0.15, 0.2) is 17.6 Å². The van der Waals surface area contributed by atoms with Crippen LogP contribution in [0.1, 0.15) is 12.8 Å². The lowest BCUT2D eigenvalue weighted by atomic mass is 10.4. The van der Waals surface area contributed by atoms with Crippen LogP contribution in [0.5, 0.6) is 0 Å². The molecule has 0 saturated carbocycles. The van der Waals surface area contributed by atoms with E-state index in [4.69, 9.17) is 0 Å². The highest BCUT2D eigenvalue weighted by Crippen LogP contribution is 2.06. The number of rotatable bonds is 2. The lowest BCUT2D eigenvalue weighted by Crippen LogP contribution is -2.39. The second kappa shape index (κ2) is 7.17. The smallest absolute Gasteiger partial charge is 0.193 e. The van der Waals surface area contributed by atoms with Gasteiger partial charge in [-0.1, -0.05) is 6.08 Å². The third kappa shape index (κ3) is 3.97. The summed E-state index contributed by atoms with van der Waals surface area (Å²) in [5.41, 5.74) is 0. The average Bonchev–Trinajstić information content (AvgIpc) is 2.59. The van der Waals surface area contributed by atoms with Gasteiger partial charge in [0.1, 0.15) is 0 Å². The van der Waals surface area contributed by atoms with E-state index in [1.165, 1.54) is 12.8 Å². The number of hydrogen-bond donors (Lipinski definition) is 1. The monoisotopic (exact) mass is 295 g/mol. The molecule has 13 heavy (non-hydrogen) atoms. The molecule has 1 saturated heterocycles. The number of halogens is 1. The van der Waals surface area contributed by atoms with E-state index in [0.29, 0.717) is 0 Å². The van der Waals surface area contributed by atoms with Crippen molar-refractivity contribution in [1.82, 2.24) is 10.2 Å². The Morgan fingerprint density at radius 2 is 2.15 bits per heavy atom. The summed E-state index contributed by atoms with van der Waals surface area (Å²) in [7, 11) is 1.82. The minimum Gasteiger partial charge on any atom is -0.353 e. The van der Waals surface area contributed by atoms with Gasteiger partial charge in [-0.2, -0.15) is 0 Å². The van der Waals surface area contributed by atoms with Crippen LogP contribution in [-0.4, -0.2) is 37.5 Å². The van der Waals surface area contributed by atoms with Crippen LogP contribution in [0.4, 0.5) is 0 Å². The van der Waals surface area contributed by atoms with E-state index in [-0.39, 0.29) is 24.0 Å². The Labute approximate surface area is 97.3 Å². The fraction of sp³-hybridized carbons (Fsp3) is 0.667. The highest BCUT2D eigenvalue weighted by Gasteiger charge is 2.14. The van der Waals surface area contributed by atoms with E-state index >= 15 is 0 Å². The van der Waals surface area contributed by atoms with Crippen molar-refractivity contribution in [3.63, 3.8) is 0 Å². The molecule has 0 spiro atoms. The van der Waals surface area contributed by atoms with E-state index in [1.54, 1.807) is 0 Å². The number of nitrogens with one attached hydrogen (secondary N) is 1. The van der Waals surface area contributed by atoms with Crippen LogP contribution in [0.25, 0.3) is 0 Å². The summed E-state index contributed by atoms with van der Waals surface area (Å²) in [5, 5.41) is 3.22. The molecule has 1 rings (SSSR count). The van der Waals surface area contributed by atoms with Gasteiger partial charge in [-0.15, -0.1) is 30.6 Å². The van der Waals surface area contributed by atoms with E-state index in [9.17, 15) is 0 Å². The first kappa shape index (κ1) is 12.7. The highest BCUT2D eigenvalue weighted by molar-refractivity contribution is 14.0. The third-order valence-electron chi connectivity index (χ3n) is 2.02. The Kier molecular flexibility index (Phi) is 7.03. The van der Waals surface area contributed by atoms with Crippen LogP contribution in [0.3, 0.4) is 0 Å². The molecule has 0 radical (unpaired) electrons. The van der Waals surface area contributed by atoms with Crippen LogP contribution in [0, 0.1) is 0 Å². The first-order valence-electron chi connectivity index (χ1n) is 4.45. The van der Waals surface area contributed by atoms with Gasteiger partial charge in [-0.05, 0) is 12.8 Å². The minimum absolute atomic E-state index is 0. The SMILES string of the molecule is C=CCNC(=NC)N1CCCC1.I. The molecular formula is C9H18IN3. The van der Waals surface area contributed by atoms with Gasteiger partial charge in [-0.3, -0.25) is 4.99 Å². The molecule has 1 N–H and O–H groups in total. The average molecular weight is 295 g/mol. The molecule has 0 aromatic heterocycles. The fourth-order valence-corrected chi connectivity index (χ4v) is 1.42. The standard InChI is InChI=1S/C9H17N3.HI/c1-3-6-11-9(10-2)12-7-4-5-8-12;/h3H,1,4-8H2,2H3,(H,10,11);1H. The molecule has 0 aliphatic carbocycles. The number of aliphatic imine (C=N–C) groups is 1. The second-order valence-corrected chi connectivity index (χ2v) is 2.91. The summed E-state index contributed by atoms with van der Waals surface area (Å²) in [6.45, 7) is 6.72. The van der Waals surface area contributed by atoms with Crippen molar-refractivity contribution < 1.29 is 0 Å². The zero-order valence-electron chi connectivity index (χ0n) is 8.12. The summed E-state index contributed by atoms with van der Waals surface area (Å²) in [6, 6.07) is 0. The van der Waals surface area contributed by atoms with Crippen molar-refractivity contribution in [3.8, 4) is 0 Å². The Morgan fingerprint density at radius 1 is 1.54 bits per heavy atom. The van der Waals surface area contributed by atoms with Gasteiger partial charge in [0.05, 0.1) is 0 Å². The molecule has 76 valence electrons. The maximum absolute atomic E-state index is 4.19. The van der Waals surface area contributed by atoms with E-state index in [1.807, 2.05) is 13.1 Å². The lowest BCUT2D eigenvalue weighted by Gasteiger charge is -2.19. The van der Waals surface area contributed by atoms with Crippen molar-refractivity contribution in [2.75, 3.05) is 26.7 Å². The van der Waals surface area contributed by atoms with Crippen molar-refractivity contribution in [1.29, 1.82) is 0 Å². The largest absolute Gasteiger partial charge is 0.353 e. The number of nitrogens with zero attached hydrogens (tertiary/aromatic N) is 2. The Morgan fingerprint density at radius 3 is 2.62 bits per heavy atom. The summed E-state index contributed by atoms with van der Waals surface area (Å²) < 4.78 is 0. The topological polar surface area (TPSA) is 27.6 Å². The van der Waals surface area contributed by atoms with Gasteiger partial charge in [0.2, 0.25) is 0 Å². The molecule has 0 atom stereocenters. The summed E-state index contributed by atoms with van der Waals surface area (Å²) in [4.78, 5) is 6.47. The quantitative estimate of drug-likeness (QED) is 0.361. The zero-order chi connectivity index (χ0) is 8.81. The molecule has 4 heteroatoms. The van der Waals surface area contributed by atoms with Crippen LogP contribution in [0.2, 0.25) is 0 Å². The summed E-state index contributed by atoms with van der Waals surface area (Å²) in [5.74, 6) is 1.01. The van der Waals surface area contributed by atoms with Crippen LogP contribution < -0.4 is 5.32 Å². The predicted molar refractivity (Wildman–Crippen MR) is 67.8 cm³/mol.